The van der Waals surface area contributed by atoms with Gasteiger partial charge in [0.1, 0.15) is 6.61 Å². The lowest BCUT2D eigenvalue weighted by molar-refractivity contribution is -0.449. The molecule has 5 nitrogen and oxygen atoms in total. The van der Waals surface area contributed by atoms with Crippen molar-refractivity contribution in [1.82, 2.24) is 0 Å². The van der Waals surface area contributed by atoms with Crippen molar-refractivity contribution in [2.75, 3.05) is 26.4 Å². The number of rotatable bonds is 5. The van der Waals surface area contributed by atoms with Gasteiger partial charge in [0, 0.05) is 11.8 Å². The van der Waals surface area contributed by atoms with Gasteiger partial charge in [-0.25, -0.2) is 4.79 Å². The fourth-order valence-corrected chi connectivity index (χ4v) is 2.21. The molecule has 3 heterocycles. The molecule has 0 aromatic rings. The number of ether oxygens (including phenoxy) is 4. The van der Waals surface area contributed by atoms with E-state index >= 15 is 0 Å². The van der Waals surface area contributed by atoms with Gasteiger partial charge in [-0.3, -0.25) is 0 Å². The minimum atomic E-state index is -1.66. The van der Waals surface area contributed by atoms with Crippen LogP contribution < -0.4 is 0 Å². The molecule has 0 aromatic carbocycles. The smallest absolute Gasteiger partial charge is 0.398 e. The van der Waals surface area contributed by atoms with Crippen molar-refractivity contribution >= 4 is 5.97 Å². The number of fused-ring (bicyclic) bond motifs is 3. The Morgan fingerprint density at radius 3 is 2.44 bits per heavy atom. The van der Waals surface area contributed by atoms with Crippen LogP contribution in [0.25, 0.3) is 0 Å². The molecule has 0 unspecified atom stereocenters. The second-order valence-corrected chi connectivity index (χ2v) is 4.76. The van der Waals surface area contributed by atoms with Crippen LogP contribution in [0.15, 0.2) is 0 Å². The van der Waals surface area contributed by atoms with Crippen LogP contribution in [0.5, 0.6) is 0 Å². The zero-order valence-electron chi connectivity index (χ0n) is 10.6. The highest BCUT2D eigenvalue weighted by molar-refractivity contribution is 5.76. The van der Waals surface area contributed by atoms with Crippen LogP contribution >= 0.6 is 0 Å². The maximum absolute atomic E-state index is 11.8. The molecule has 0 aromatic heterocycles. The molecule has 0 saturated carbocycles. The summed E-state index contributed by atoms with van der Waals surface area (Å²) in [5.41, 5.74) is -0.115. The van der Waals surface area contributed by atoms with E-state index in [-0.39, 0.29) is 12.0 Å². The van der Waals surface area contributed by atoms with Crippen molar-refractivity contribution in [1.29, 1.82) is 0 Å². The van der Waals surface area contributed by atoms with Gasteiger partial charge < -0.3 is 18.9 Å². The fraction of sp³-hybridized carbons (Fsp3) is 0.769. The predicted octanol–water partition coefficient (Wildman–Crippen LogP) is 1.07. The second kappa shape index (κ2) is 5.27. The van der Waals surface area contributed by atoms with Gasteiger partial charge in [0.2, 0.25) is 0 Å². The highest BCUT2D eigenvalue weighted by Crippen LogP contribution is 2.41. The minimum Gasteiger partial charge on any atom is -0.459 e. The summed E-state index contributed by atoms with van der Waals surface area (Å²) in [5.74, 6) is 0.0765. The lowest BCUT2D eigenvalue weighted by Crippen LogP contribution is -2.63. The van der Waals surface area contributed by atoms with Crippen LogP contribution in [0.4, 0.5) is 0 Å². The number of hydrogen-bond donors (Lipinski definition) is 0. The Bertz CT molecular complexity index is 332. The molecule has 2 bridgehead atoms. The molecule has 0 amide bonds. The van der Waals surface area contributed by atoms with E-state index < -0.39 is 11.9 Å². The lowest BCUT2D eigenvalue weighted by Gasteiger charge is -2.50. The van der Waals surface area contributed by atoms with Gasteiger partial charge in [0.15, 0.2) is 0 Å². The lowest BCUT2D eigenvalue weighted by atomic mass is 9.84. The number of hydrogen-bond acceptors (Lipinski definition) is 5. The van der Waals surface area contributed by atoms with Crippen molar-refractivity contribution in [3.8, 4) is 12.3 Å². The first kappa shape index (κ1) is 13.3. The van der Waals surface area contributed by atoms with Crippen molar-refractivity contribution in [3.05, 3.63) is 0 Å². The molecular weight excluding hydrogens is 236 g/mol. The zero-order valence-corrected chi connectivity index (χ0v) is 10.6. The van der Waals surface area contributed by atoms with Gasteiger partial charge in [-0.15, -0.1) is 12.3 Å². The Morgan fingerprint density at radius 1 is 1.33 bits per heavy atom. The number of carbonyl (C=O) groups is 1. The highest BCUT2D eigenvalue weighted by atomic mass is 16.9. The van der Waals surface area contributed by atoms with E-state index in [1.807, 2.05) is 0 Å². The molecule has 3 rings (SSSR count). The van der Waals surface area contributed by atoms with E-state index in [0.717, 1.165) is 12.8 Å². The molecule has 3 fully saturated rings. The molecule has 100 valence electrons. The van der Waals surface area contributed by atoms with Crippen LogP contribution in [0.3, 0.4) is 0 Å². The summed E-state index contributed by atoms with van der Waals surface area (Å²) < 4.78 is 21.3. The normalized spacial score (nSPS) is 34.0. The third kappa shape index (κ3) is 2.37. The summed E-state index contributed by atoms with van der Waals surface area (Å²) in [6.45, 7) is 3.63. The summed E-state index contributed by atoms with van der Waals surface area (Å²) in [7, 11) is 0. The maximum Gasteiger partial charge on any atom is 0.398 e. The summed E-state index contributed by atoms with van der Waals surface area (Å²) in [5, 5.41) is 0. The van der Waals surface area contributed by atoms with Gasteiger partial charge >= 0.3 is 11.9 Å². The predicted molar refractivity (Wildman–Crippen MR) is 62.3 cm³/mol. The number of terminal acetylenes is 1. The molecule has 5 heteroatoms. The van der Waals surface area contributed by atoms with E-state index in [9.17, 15) is 4.79 Å². The summed E-state index contributed by atoms with van der Waals surface area (Å²) in [6, 6.07) is 0. The zero-order chi connectivity index (χ0) is 13.1. The molecule has 0 N–H and O–H groups in total. The van der Waals surface area contributed by atoms with E-state index in [1.54, 1.807) is 0 Å². The van der Waals surface area contributed by atoms with Crippen molar-refractivity contribution < 1.29 is 23.7 Å². The van der Waals surface area contributed by atoms with Crippen molar-refractivity contribution in [2.45, 2.75) is 32.2 Å². The minimum absolute atomic E-state index is 0.115. The Balaban J connectivity index is 1.92. The first-order valence-corrected chi connectivity index (χ1v) is 6.19. The molecule has 3 saturated heterocycles. The van der Waals surface area contributed by atoms with E-state index in [0.29, 0.717) is 26.2 Å². The molecule has 0 atom stereocenters. The van der Waals surface area contributed by atoms with Crippen molar-refractivity contribution in [3.63, 3.8) is 0 Å². The SMILES string of the molecule is C#CCCOC(=O)C12OCC(CCC)(CO1)CO2. The second-order valence-electron chi connectivity index (χ2n) is 4.76. The standard InChI is InChI=1S/C13H18O5/c1-3-5-7-15-11(14)13-16-8-12(6-4-2,9-17-13)10-18-13/h1H,4-10H2,2H3. The molecule has 18 heavy (non-hydrogen) atoms. The number of carbonyl (C=O) groups excluding carboxylic acids is 1. The molecule has 3 aliphatic rings. The van der Waals surface area contributed by atoms with E-state index in [4.69, 9.17) is 25.4 Å². The van der Waals surface area contributed by atoms with Crippen molar-refractivity contribution in [2.24, 2.45) is 5.41 Å². The summed E-state index contributed by atoms with van der Waals surface area (Å²) in [4.78, 5) is 11.8. The van der Waals surface area contributed by atoms with Gasteiger partial charge in [0.05, 0.1) is 19.8 Å². The molecule has 0 spiro atoms. The van der Waals surface area contributed by atoms with E-state index in [1.165, 1.54) is 0 Å². The topological polar surface area (TPSA) is 54.0 Å². The average molecular weight is 254 g/mol. The van der Waals surface area contributed by atoms with Crippen LogP contribution in [0.1, 0.15) is 26.2 Å². The molecule has 0 radical (unpaired) electrons. The molecule has 0 aliphatic carbocycles. The van der Waals surface area contributed by atoms with Crippen LogP contribution in [0.2, 0.25) is 0 Å². The molecule has 3 aliphatic heterocycles. The van der Waals surface area contributed by atoms with E-state index in [2.05, 4.69) is 12.8 Å². The van der Waals surface area contributed by atoms with Crippen LogP contribution in [0, 0.1) is 17.8 Å². The third-order valence-corrected chi connectivity index (χ3v) is 3.22. The quantitative estimate of drug-likeness (QED) is 0.417. The fourth-order valence-electron chi connectivity index (χ4n) is 2.21. The van der Waals surface area contributed by atoms with Crippen LogP contribution in [-0.2, 0) is 23.7 Å². The average Bonchev–Trinajstić information content (AvgIpc) is 2.41. The third-order valence-electron chi connectivity index (χ3n) is 3.22. The highest BCUT2D eigenvalue weighted by Gasteiger charge is 2.58. The molecular formula is C13H18O5. The summed E-state index contributed by atoms with van der Waals surface area (Å²) in [6.07, 6.45) is 7.42. The first-order chi connectivity index (χ1) is 8.66. The van der Waals surface area contributed by atoms with Gasteiger partial charge in [-0.2, -0.15) is 0 Å². The van der Waals surface area contributed by atoms with Gasteiger partial charge in [0.25, 0.3) is 0 Å². The Hall–Kier alpha value is -1.09. The monoisotopic (exact) mass is 254 g/mol. The Labute approximate surface area is 107 Å². The van der Waals surface area contributed by atoms with Crippen LogP contribution in [-0.4, -0.2) is 38.4 Å². The maximum atomic E-state index is 11.8. The largest absolute Gasteiger partial charge is 0.459 e. The number of esters is 1. The Kier molecular flexibility index (Phi) is 3.91. The van der Waals surface area contributed by atoms with Gasteiger partial charge in [-0.05, 0) is 6.42 Å². The Morgan fingerprint density at radius 2 is 1.94 bits per heavy atom. The first-order valence-electron chi connectivity index (χ1n) is 6.19. The van der Waals surface area contributed by atoms with Gasteiger partial charge in [-0.1, -0.05) is 13.3 Å². The summed E-state index contributed by atoms with van der Waals surface area (Å²) >= 11 is 0.